The Balaban J connectivity index is 1.65. The van der Waals surface area contributed by atoms with Crippen LogP contribution >= 0.6 is 0 Å². The summed E-state index contributed by atoms with van der Waals surface area (Å²) in [5.74, 6) is -0.437. The van der Waals surface area contributed by atoms with Crippen LogP contribution in [-0.4, -0.2) is 44.7 Å². The second-order valence-electron chi connectivity index (χ2n) is 7.65. The zero-order valence-electron chi connectivity index (χ0n) is 11.5. The van der Waals surface area contributed by atoms with Gasteiger partial charge >= 0.3 is 5.97 Å². The molecule has 0 aromatic rings. The van der Waals surface area contributed by atoms with E-state index in [1.807, 2.05) is 4.90 Å². The summed E-state index contributed by atoms with van der Waals surface area (Å²) in [6.45, 7) is 0.337. The number of aliphatic hydroxyl groups is 1. The van der Waals surface area contributed by atoms with Crippen molar-refractivity contribution in [1.29, 1.82) is 0 Å². The minimum absolute atomic E-state index is 0.0250. The van der Waals surface area contributed by atoms with Crippen molar-refractivity contribution in [2.45, 2.75) is 56.1 Å². The van der Waals surface area contributed by atoms with Gasteiger partial charge in [0.1, 0.15) is 0 Å². The Kier molecular flexibility index (Phi) is 2.37. The van der Waals surface area contributed by atoms with Crippen LogP contribution in [0.1, 0.15) is 44.9 Å². The minimum Gasteiger partial charge on any atom is -0.481 e. The van der Waals surface area contributed by atoms with Gasteiger partial charge < -0.3 is 15.1 Å². The first-order chi connectivity index (χ1) is 9.39. The molecule has 2 N–H and O–H groups in total. The number of aliphatic carboxylic acids is 1. The lowest BCUT2D eigenvalue weighted by molar-refractivity contribution is -0.179. The van der Waals surface area contributed by atoms with Gasteiger partial charge in [-0.25, -0.2) is 0 Å². The summed E-state index contributed by atoms with van der Waals surface area (Å²) >= 11 is 0. The molecule has 1 saturated heterocycles. The van der Waals surface area contributed by atoms with Crippen molar-refractivity contribution >= 4 is 11.9 Å². The molecule has 4 aliphatic carbocycles. The van der Waals surface area contributed by atoms with E-state index in [9.17, 15) is 14.7 Å². The Hall–Kier alpha value is -1.10. The van der Waals surface area contributed by atoms with Crippen molar-refractivity contribution in [3.8, 4) is 0 Å². The fraction of sp³-hybridized carbons (Fsp3) is 0.867. The minimum atomic E-state index is -0.871. The van der Waals surface area contributed by atoms with Crippen LogP contribution in [0.25, 0.3) is 0 Å². The third kappa shape index (κ3) is 1.65. The standard InChI is InChI=1S/C15H21NO4/c17-12-2-11(13(18)19)7-16(12)14-3-9-1-10(4-14)6-15(20,5-9)8-14/h9-11,20H,1-8H2,(H,18,19). The van der Waals surface area contributed by atoms with E-state index in [2.05, 4.69) is 0 Å². The van der Waals surface area contributed by atoms with Crippen LogP contribution < -0.4 is 0 Å². The predicted molar refractivity (Wildman–Crippen MR) is 69.8 cm³/mol. The van der Waals surface area contributed by atoms with Crippen LogP contribution in [0.5, 0.6) is 0 Å². The molecule has 3 unspecified atom stereocenters. The lowest BCUT2D eigenvalue weighted by atomic mass is 9.50. The molecule has 1 heterocycles. The largest absolute Gasteiger partial charge is 0.481 e. The van der Waals surface area contributed by atoms with E-state index in [1.54, 1.807) is 0 Å². The second kappa shape index (κ2) is 3.75. The molecule has 4 saturated carbocycles. The van der Waals surface area contributed by atoms with Crippen molar-refractivity contribution in [3.63, 3.8) is 0 Å². The highest BCUT2D eigenvalue weighted by atomic mass is 16.4. The van der Waals surface area contributed by atoms with Gasteiger partial charge in [0.05, 0.1) is 11.5 Å². The summed E-state index contributed by atoms with van der Waals surface area (Å²) in [5, 5.41) is 19.9. The van der Waals surface area contributed by atoms with Crippen LogP contribution in [-0.2, 0) is 9.59 Å². The number of carbonyl (C=O) groups excluding carboxylic acids is 1. The molecule has 0 radical (unpaired) electrons. The zero-order valence-corrected chi connectivity index (χ0v) is 11.5. The molecular formula is C15H21NO4. The maximum absolute atomic E-state index is 12.3. The van der Waals surface area contributed by atoms with Gasteiger partial charge in [-0.1, -0.05) is 0 Å². The zero-order chi connectivity index (χ0) is 14.1. The lowest BCUT2D eigenvalue weighted by Gasteiger charge is -2.62. The smallest absolute Gasteiger partial charge is 0.308 e. The summed E-state index contributed by atoms with van der Waals surface area (Å²) in [4.78, 5) is 25.3. The molecule has 20 heavy (non-hydrogen) atoms. The molecule has 110 valence electrons. The first kappa shape index (κ1) is 12.6. The Morgan fingerprint density at radius 1 is 1.20 bits per heavy atom. The summed E-state index contributed by atoms with van der Waals surface area (Å²) in [5.41, 5.74) is -0.855. The average molecular weight is 279 g/mol. The molecular weight excluding hydrogens is 258 g/mol. The van der Waals surface area contributed by atoms with Crippen LogP contribution in [0, 0.1) is 17.8 Å². The first-order valence-electron chi connectivity index (χ1n) is 7.65. The van der Waals surface area contributed by atoms with E-state index in [1.165, 1.54) is 6.42 Å². The normalized spacial score (nSPS) is 50.0. The molecule has 5 rings (SSSR count). The number of nitrogens with zero attached hydrogens (tertiary/aromatic N) is 1. The van der Waals surface area contributed by atoms with Crippen LogP contribution in [0.4, 0.5) is 0 Å². The van der Waals surface area contributed by atoms with E-state index >= 15 is 0 Å². The number of rotatable bonds is 2. The lowest BCUT2D eigenvalue weighted by Crippen LogP contribution is -2.65. The van der Waals surface area contributed by atoms with Gasteiger partial charge in [-0.15, -0.1) is 0 Å². The predicted octanol–water partition coefficient (Wildman–Crippen LogP) is 1.00. The summed E-state index contributed by atoms with van der Waals surface area (Å²) in [6.07, 6.45) is 5.63. The van der Waals surface area contributed by atoms with Gasteiger partial charge in [0.2, 0.25) is 5.91 Å². The number of likely N-dealkylation sites (tertiary alicyclic amines) is 1. The third-order valence-corrected chi connectivity index (χ3v) is 6.05. The van der Waals surface area contributed by atoms with Crippen molar-refractivity contribution in [2.24, 2.45) is 17.8 Å². The third-order valence-electron chi connectivity index (χ3n) is 6.05. The van der Waals surface area contributed by atoms with Crippen molar-refractivity contribution in [1.82, 2.24) is 4.90 Å². The fourth-order valence-electron chi connectivity index (χ4n) is 5.81. The summed E-state index contributed by atoms with van der Waals surface area (Å²) in [7, 11) is 0. The van der Waals surface area contributed by atoms with Gasteiger partial charge in [-0.05, 0) is 50.4 Å². The van der Waals surface area contributed by atoms with Crippen LogP contribution in [0.2, 0.25) is 0 Å². The van der Waals surface area contributed by atoms with E-state index in [-0.39, 0.29) is 17.9 Å². The molecule has 0 aromatic heterocycles. The van der Waals surface area contributed by atoms with E-state index in [0.29, 0.717) is 24.8 Å². The van der Waals surface area contributed by atoms with E-state index in [0.717, 1.165) is 25.7 Å². The Bertz CT molecular complexity index is 474. The number of hydrogen-bond acceptors (Lipinski definition) is 3. The first-order valence-corrected chi connectivity index (χ1v) is 7.65. The maximum atomic E-state index is 12.3. The molecule has 3 atom stereocenters. The van der Waals surface area contributed by atoms with Crippen LogP contribution in [0.15, 0.2) is 0 Å². The van der Waals surface area contributed by atoms with Gasteiger partial charge in [0.15, 0.2) is 0 Å². The number of amides is 1. The SMILES string of the molecule is O=C(O)C1CC(=O)N(C23CC4CC(CC(O)(C4)C2)C3)C1. The molecule has 1 amide bonds. The maximum Gasteiger partial charge on any atom is 0.308 e. The Morgan fingerprint density at radius 3 is 2.35 bits per heavy atom. The van der Waals surface area contributed by atoms with Crippen molar-refractivity contribution in [3.05, 3.63) is 0 Å². The molecule has 5 aliphatic rings. The van der Waals surface area contributed by atoms with Gasteiger partial charge in [0, 0.05) is 18.5 Å². The quantitative estimate of drug-likeness (QED) is 0.790. The molecule has 5 nitrogen and oxygen atoms in total. The van der Waals surface area contributed by atoms with Crippen molar-refractivity contribution < 1.29 is 19.8 Å². The van der Waals surface area contributed by atoms with E-state index < -0.39 is 17.5 Å². The number of carbonyl (C=O) groups is 2. The van der Waals surface area contributed by atoms with E-state index in [4.69, 9.17) is 5.11 Å². The topological polar surface area (TPSA) is 77.8 Å². The van der Waals surface area contributed by atoms with Gasteiger partial charge in [0.25, 0.3) is 0 Å². The molecule has 4 bridgehead atoms. The number of carboxylic acids is 1. The fourth-order valence-corrected chi connectivity index (χ4v) is 5.81. The Morgan fingerprint density at radius 2 is 1.85 bits per heavy atom. The highest BCUT2D eigenvalue weighted by molar-refractivity contribution is 5.86. The van der Waals surface area contributed by atoms with Crippen molar-refractivity contribution in [2.75, 3.05) is 6.54 Å². The highest BCUT2D eigenvalue weighted by Crippen LogP contribution is 2.60. The molecule has 1 aliphatic heterocycles. The molecule has 0 spiro atoms. The number of hydrogen-bond donors (Lipinski definition) is 2. The Labute approximate surface area is 117 Å². The molecule has 5 fully saturated rings. The van der Waals surface area contributed by atoms with Crippen LogP contribution in [0.3, 0.4) is 0 Å². The summed E-state index contributed by atoms with van der Waals surface area (Å²) < 4.78 is 0. The average Bonchev–Trinajstić information content (AvgIpc) is 2.68. The molecule has 0 aromatic carbocycles. The highest BCUT2D eigenvalue weighted by Gasteiger charge is 2.61. The summed E-state index contributed by atoms with van der Waals surface area (Å²) in [6, 6.07) is 0. The number of carboxylic acid groups (broad SMARTS) is 1. The molecule has 5 heteroatoms. The monoisotopic (exact) mass is 279 g/mol. The van der Waals surface area contributed by atoms with Gasteiger partial charge in [-0.2, -0.15) is 0 Å². The second-order valence-corrected chi connectivity index (χ2v) is 7.65. The van der Waals surface area contributed by atoms with Gasteiger partial charge in [-0.3, -0.25) is 9.59 Å².